The van der Waals surface area contributed by atoms with Crippen molar-refractivity contribution in [3.63, 3.8) is 0 Å². The summed E-state index contributed by atoms with van der Waals surface area (Å²) in [5, 5.41) is 9.58. The molecule has 1 aliphatic rings. The molecule has 3 aromatic rings. The maximum Gasteiger partial charge on any atom is 0.235 e. The SMILES string of the molecule is COc1ccc(-c2nnc(SC(C)C(=O)N3CCCCC3)n2CCc2ccccc2)cc1. The summed E-state index contributed by atoms with van der Waals surface area (Å²) in [5.41, 5.74) is 2.24. The van der Waals surface area contributed by atoms with Crippen molar-refractivity contribution >= 4 is 17.7 Å². The third-order valence-corrected chi connectivity index (χ3v) is 6.90. The molecule has 1 aliphatic heterocycles. The van der Waals surface area contributed by atoms with Gasteiger partial charge in [0.25, 0.3) is 0 Å². The number of methoxy groups -OCH3 is 1. The van der Waals surface area contributed by atoms with Crippen LogP contribution in [0.2, 0.25) is 0 Å². The number of carbonyl (C=O) groups excluding carboxylic acids is 1. The molecule has 0 spiro atoms. The first-order chi connectivity index (χ1) is 15.7. The predicted molar refractivity (Wildman–Crippen MR) is 128 cm³/mol. The quantitative estimate of drug-likeness (QED) is 0.466. The first-order valence-corrected chi connectivity index (χ1v) is 12.1. The standard InChI is InChI=1S/C25H30N4O2S/c1-19(24(30)28-16-7-4-8-17-28)32-25-27-26-23(21-11-13-22(31-2)14-12-21)29(25)18-15-20-9-5-3-6-10-20/h3,5-6,9-14,19H,4,7-8,15-18H2,1-2H3. The monoisotopic (exact) mass is 450 g/mol. The lowest BCUT2D eigenvalue weighted by Gasteiger charge is -2.28. The number of amides is 1. The molecule has 0 N–H and O–H groups in total. The van der Waals surface area contributed by atoms with Crippen LogP contribution in [-0.2, 0) is 17.8 Å². The fourth-order valence-electron chi connectivity index (χ4n) is 4.00. The third kappa shape index (κ3) is 5.33. The molecule has 2 heterocycles. The van der Waals surface area contributed by atoms with Crippen LogP contribution in [0.25, 0.3) is 11.4 Å². The molecule has 32 heavy (non-hydrogen) atoms. The second-order valence-corrected chi connectivity index (χ2v) is 9.38. The number of benzene rings is 2. The fourth-order valence-corrected chi connectivity index (χ4v) is 4.96. The summed E-state index contributed by atoms with van der Waals surface area (Å²) in [4.78, 5) is 15.0. The van der Waals surface area contributed by atoms with Crippen LogP contribution in [-0.4, -0.2) is 51.0 Å². The smallest absolute Gasteiger partial charge is 0.235 e. The Bertz CT molecular complexity index is 1010. The molecule has 0 radical (unpaired) electrons. The molecular weight excluding hydrogens is 420 g/mol. The van der Waals surface area contributed by atoms with Crippen molar-refractivity contribution in [2.24, 2.45) is 0 Å². The minimum atomic E-state index is -0.198. The number of aromatic nitrogens is 3. The third-order valence-electron chi connectivity index (χ3n) is 5.83. The van der Waals surface area contributed by atoms with Gasteiger partial charge in [-0.25, -0.2) is 0 Å². The van der Waals surface area contributed by atoms with Crippen LogP contribution < -0.4 is 4.74 Å². The molecule has 1 atom stereocenters. The zero-order valence-corrected chi connectivity index (χ0v) is 19.6. The molecule has 2 aromatic carbocycles. The number of piperidine rings is 1. The number of thioether (sulfide) groups is 1. The van der Waals surface area contributed by atoms with Gasteiger partial charge in [0.15, 0.2) is 11.0 Å². The second-order valence-electron chi connectivity index (χ2n) is 8.07. The van der Waals surface area contributed by atoms with Crippen molar-refractivity contribution in [1.29, 1.82) is 0 Å². The summed E-state index contributed by atoms with van der Waals surface area (Å²) in [6.45, 7) is 4.44. The second kappa shape index (κ2) is 10.7. The van der Waals surface area contributed by atoms with Crippen molar-refractivity contribution in [2.45, 2.75) is 49.6 Å². The number of hydrogen-bond donors (Lipinski definition) is 0. The summed E-state index contributed by atoms with van der Waals surface area (Å²) in [7, 11) is 1.66. The molecule has 168 valence electrons. The Morgan fingerprint density at radius 3 is 2.44 bits per heavy atom. The van der Waals surface area contributed by atoms with Crippen LogP contribution in [0, 0.1) is 0 Å². The highest BCUT2D eigenvalue weighted by atomic mass is 32.2. The molecule has 6 nitrogen and oxygen atoms in total. The van der Waals surface area contributed by atoms with Crippen LogP contribution in [0.4, 0.5) is 0 Å². The van der Waals surface area contributed by atoms with E-state index in [1.54, 1.807) is 7.11 Å². The Balaban J connectivity index is 1.57. The van der Waals surface area contributed by atoms with E-state index >= 15 is 0 Å². The van der Waals surface area contributed by atoms with Gasteiger partial charge in [-0.15, -0.1) is 10.2 Å². The number of rotatable bonds is 8. The lowest BCUT2D eigenvalue weighted by atomic mass is 10.1. The van der Waals surface area contributed by atoms with Gasteiger partial charge in [0, 0.05) is 25.2 Å². The molecule has 1 aromatic heterocycles. The average molecular weight is 451 g/mol. The van der Waals surface area contributed by atoms with E-state index < -0.39 is 0 Å². The summed E-state index contributed by atoms with van der Waals surface area (Å²) in [6.07, 6.45) is 4.27. The maximum absolute atomic E-state index is 13.0. The number of ether oxygens (including phenoxy) is 1. The Labute approximate surface area is 194 Å². The van der Waals surface area contributed by atoms with Gasteiger partial charge >= 0.3 is 0 Å². The lowest BCUT2D eigenvalue weighted by Crippen LogP contribution is -2.40. The average Bonchev–Trinajstić information content (AvgIpc) is 3.25. The van der Waals surface area contributed by atoms with Crippen LogP contribution >= 0.6 is 11.8 Å². The van der Waals surface area contributed by atoms with E-state index in [9.17, 15) is 4.79 Å². The number of nitrogens with zero attached hydrogens (tertiary/aromatic N) is 4. The molecule has 0 bridgehead atoms. The maximum atomic E-state index is 13.0. The Hall–Kier alpha value is -2.80. The highest BCUT2D eigenvalue weighted by Gasteiger charge is 2.25. The number of hydrogen-bond acceptors (Lipinski definition) is 5. The highest BCUT2D eigenvalue weighted by Crippen LogP contribution is 2.29. The van der Waals surface area contributed by atoms with Crippen molar-refractivity contribution in [3.05, 3.63) is 60.2 Å². The van der Waals surface area contributed by atoms with Gasteiger partial charge in [-0.3, -0.25) is 4.79 Å². The molecule has 0 saturated carbocycles. The van der Waals surface area contributed by atoms with E-state index in [0.717, 1.165) is 61.2 Å². The molecule has 1 unspecified atom stereocenters. The number of aryl methyl sites for hydroxylation is 1. The molecular formula is C25H30N4O2S. The fraction of sp³-hybridized carbons (Fsp3) is 0.400. The van der Waals surface area contributed by atoms with Gasteiger partial charge in [0.2, 0.25) is 5.91 Å². The molecule has 1 fully saturated rings. The first-order valence-electron chi connectivity index (χ1n) is 11.2. The molecule has 1 amide bonds. The van der Waals surface area contributed by atoms with E-state index in [-0.39, 0.29) is 11.2 Å². The topological polar surface area (TPSA) is 60.3 Å². The van der Waals surface area contributed by atoms with Gasteiger partial charge in [-0.05, 0) is 62.4 Å². The predicted octanol–water partition coefficient (Wildman–Crippen LogP) is 4.69. The summed E-state index contributed by atoms with van der Waals surface area (Å²) < 4.78 is 7.43. The van der Waals surface area contributed by atoms with Crippen LogP contribution in [0.1, 0.15) is 31.7 Å². The van der Waals surface area contributed by atoms with E-state index in [1.807, 2.05) is 42.2 Å². The van der Waals surface area contributed by atoms with Gasteiger partial charge in [-0.2, -0.15) is 0 Å². The van der Waals surface area contributed by atoms with Crippen LogP contribution in [0.15, 0.2) is 59.8 Å². The largest absolute Gasteiger partial charge is 0.497 e. The van der Waals surface area contributed by atoms with E-state index in [4.69, 9.17) is 4.74 Å². The van der Waals surface area contributed by atoms with Gasteiger partial charge in [0.1, 0.15) is 5.75 Å². The Morgan fingerprint density at radius 1 is 1.03 bits per heavy atom. The normalized spacial score (nSPS) is 14.9. The molecule has 4 rings (SSSR count). The minimum absolute atomic E-state index is 0.193. The summed E-state index contributed by atoms with van der Waals surface area (Å²) >= 11 is 1.50. The van der Waals surface area contributed by atoms with E-state index in [0.29, 0.717) is 0 Å². The van der Waals surface area contributed by atoms with Crippen LogP contribution in [0.3, 0.4) is 0 Å². The van der Waals surface area contributed by atoms with Crippen LogP contribution in [0.5, 0.6) is 5.75 Å². The number of carbonyl (C=O) groups is 1. The Morgan fingerprint density at radius 2 is 1.75 bits per heavy atom. The minimum Gasteiger partial charge on any atom is -0.497 e. The van der Waals surface area contributed by atoms with Crippen molar-refractivity contribution in [3.8, 4) is 17.1 Å². The first kappa shape index (κ1) is 22.4. The summed E-state index contributed by atoms with van der Waals surface area (Å²) in [6, 6.07) is 18.3. The zero-order chi connectivity index (χ0) is 22.3. The van der Waals surface area contributed by atoms with Crippen molar-refractivity contribution in [2.75, 3.05) is 20.2 Å². The Kier molecular flexibility index (Phi) is 7.47. The van der Waals surface area contributed by atoms with Gasteiger partial charge in [-0.1, -0.05) is 42.1 Å². The summed E-state index contributed by atoms with van der Waals surface area (Å²) in [5.74, 6) is 1.81. The molecule has 7 heteroatoms. The zero-order valence-electron chi connectivity index (χ0n) is 18.7. The van der Waals surface area contributed by atoms with Gasteiger partial charge < -0.3 is 14.2 Å². The van der Waals surface area contributed by atoms with E-state index in [2.05, 4.69) is 39.0 Å². The number of likely N-dealkylation sites (tertiary alicyclic amines) is 1. The van der Waals surface area contributed by atoms with Gasteiger partial charge in [0.05, 0.1) is 12.4 Å². The highest BCUT2D eigenvalue weighted by molar-refractivity contribution is 8.00. The molecule has 0 aliphatic carbocycles. The van der Waals surface area contributed by atoms with Crippen molar-refractivity contribution in [1.82, 2.24) is 19.7 Å². The molecule has 1 saturated heterocycles. The van der Waals surface area contributed by atoms with E-state index in [1.165, 1.54) is 23.7 Å². The van der Waals surface area contributed by atoms with Crippen molar-refractivity contribution < 1.29 is 9.53 Å². The lowest BCUT2D eigenvalue weighted by molar-refractivity contribution is -0.131.